The van der Waals surface area contributed by atoms with E-state index in [1.54, 1.807) is 48.5 Å². The van der Waals surface area contributed by atoms with E-state index in [1.165, 1.54) is 13.1 Å². The Morgan fingerprint density at radius 2 is 1.80 bits per heavy atom. The van der Waals surface area contributed by atoms with E-state index in [0.29, 0.717) is 16.5 Å². The lowest BCUT2D eigenvalue weighted by Crippen LogP contribution is -2.34. The molecule has 3 rings (SSSR count). The number of carbonyl (C=O) groups is 1. The second-order valence-electron chi connectivity index (χ2n) is 5.96. The van der Waals surface area contributed by atoms with Crippen LogP contribution in [0.4, 0.5) is 0 Å². The minimum absolute atomic E-state index is 0.265. The zero-order valence-electron chi connectivity index (χ0n) is 13.5. The number of carboxylic acid groups (broad SMARTS) is 1. The molecular formula is C18H18NO5P. The van der Waals surface area contributed by atoms with Crippen molar-refractivity contribution in [3.05, 3.63) is 71.9 Å². The summed E-state index contributed by atoms with van der Waals surface area (Å²) >= 11 is 0. The van der Waals surface area contributed by atoms with Crippen molar-refractivity contribution >= 4 is 24.5 Å². The van der Waals surface area contributed by atoms with Crippen LogP contribution in [0.15, 0.2) is 60.8 Å². The molecule has 1 heterocycles. The van der Waals surface area contributed by atoms with Gasteiger partial charge in [-0.1, -0.05) is 48.5 Å². The number of para-hydroxylation sites is 1. The number of aromatic amines is 1. The van der Waals surface area contributed by atoms with Gasteiger partial charge in [-0.3, -0.25) is 9.09 Å². The third-order valence-electron chi connectivity index (χ3n) is 4.06. The molecule has 130 valence electrons. The molecule has 3 aromatic rings. The average Bonchev–Trinajstić information content (AvgIpc) is 2.99. The summed E-state index contributed by atoms with van der Waals surface area (Å²) in [6, 6.07) is 15.8. The lowest BCUT2D eigenvalue weighted by molar-refractivity contribution is -0.155. The highest BCUT2D eigenvalue weighted by Crippen LogP contribution is 2.52. The Morgan fingerprint density at radius 3 is 2.48 bits per heavy atom. The summed E-state index contributed by atoms with van der Waals surface area (Å²) in [5.41, 5.74) is -0.332. The predicted molar refractivity (Wildman–Crippen MR) is 94.3 cm³/mol. The van der Waals surface area contributed by atoms with Gasteiger partial charge in [0.05, 0.1) is 6.16 Å². The first kappa shape index (κ1) is 17.4. The number of hydrogen-bond donors (Lipinski definition) is 3. The normalized spacial score (nSPS) is 16.2. The van der Waals surface area contributed by atoms with Crippen LogP contribution >= 0.6 is 7.60 Å². The van der Waals surface area contributed by atoms with Gasteiger partial charge in [0, 0.05) is 22.7 Å². The second kappa shape index (κ2) is 6.48. The van der Waals surface area contributed by atoms with Crippen LogP contribution in [0.25, 0.3) is 10.9 Å². The van der Waals surface area contributed by atoms with Gasteiger partial charge in [0.2, 0.25) is 0 Å². The van der Waals surface area contributed by atoms with Crippen molar-refractivity contribution in [1.82, 2.24) is 4.98 Å². The van der Waals surface area contributed by atoms with Crippen LogP contribution < -0.4 is 0 Å². The number of H-pyrrole nitrogens is 1. The molecule has 2 atom stereocenters. The highest BCUT2D eigenvalue weighted by atomic mass is 31.2. The van der Waals surface area contributed by atoms with Crippen molar-refractivity contribution in [2.75, 3.05) is 0 Å². The Kier molecular flexibility index (Phi) is 4.52. The van der Waals surface area contributed by atoms with Crippen LogP contribution in [0, 0.1) is 0 Å². The Hall–Kier alpha value is -2.40. The van der Waals surface area contributed by atoms with Crippen LogP contribution in [0.3, 0.4) is 0 Å². The molecule has 0 aliphatic heterocycles. The molecule has 0 aliphatic rings. The summed E-state index contributed by atoms with van der Waals surface area (Å²) in [6.07, 6.45) is 1.24. The van der Waals surface area contributed by atoms with Crippen molar-refractivity contribution in [2.24, 2.45) is 0 Å². The van der Waals surface area contributed by atoms with Crippen LogP contribution in [0.2, 0.25) is 0 Å². The molecule has 2 aromatic carbocycles. The molecule has 0 saturated heterocycles. The van der Waals surface area contributed by atoms with Gasteiger partial charge in [-0.15, -0.1) is 0 Å². The van der Waals surface area contributed by atoms with Crippen LogP contribution in [-0.4, -0.2) is 21.0 Å². The third kappa shape index (κ3) is 3.51. The van der Waals surface area contributed by atoms with E-state index in [1.807, 2.05) is 6.07 Å². The van der Waals surface area contributed by atoms with Gasteiger partial charge in [0.25, 0.3) is 0 Å². The lowest BCUT2D eigenvalue weighted by atomic mass is 9.96. The summed E-state index contributed by atoms with van der Waals surface area (Å²) in [5.74, 6) is -1.33. The van der Waals surface area contributed by atoms with Gasteiger partial charge in [0.15, 0.2) is 5.60 Å². The van der Waals surface area contributed by atoms with Crippen molar-refractivity contribution in [3.8, 4) is 0 Å². The first-order valence-corrected chi connectivity index (χ1v) is 9.44. The van der Waals surface area contributed by atoms with E-state index in [-0.39, 0.29) is 6.16 Å². The van der Waals surface area contributed by atoms with Gasteiger partial charge >= 0.3 is 13.6 Å². The minimum atomic E-state index is -4.20. The average molecular weight is 359 g/mol. The maximum absolute atomic E-state index is 12.6. The number of fused-ring (bicyclic) bond motifs is 1. The molecule has 0 spiro atoms. The number of hydrogen-bond acceptors (Lipinski definition) is 3. The van der Waals surface area contributed by atoms with E-state index >= 15 is 0 Å². The summed E-state index contributed by atoms with van der Waals surface area (Å²) in [6.45, 7) is 1.29. The summed E-state index contributed by atoms with van der Waals surface area (Å²) < 4.78 is 17.9. The maximum Gasteiger partial charge on any atom is 0.341 e. The van der Waals surface area contributed by atoms with Crippen molar-refractivity contribution in [1.29, 1.82) is 0 Å². The fraction of sp³-hybridized carbons (Fsp3) is 0.167. The fourth-order valence-corrected chi connectivity index (χ4v) is 4.29. The quantitative estimate of drug-likeness (QED) is 0.580. The number of aromatic nitrogens is 1. The molecule has 0 saturated carbocycles. The number of benzene rings is 2. The van der Waals surface area contributed by atoms with Crippen LogP contribution in [0.1, 0.15) is 18.1 Å². The minimum Gasteiger partial charge on any atom is -0.479 e. The smallest absolute Gasteiger partial charge is 0.341 e. The molecule has 3 N–H and O–H groups in total. The molecule has 0 radical (unpaired) electrons. The largest absolute Gasteiger partial charge is 0.479 e. The molecule has 6 nitrogen and oxygen atoms in total. The van der Waals surface area contributed by atoms with E-state index in [2.05, 4.69) is 4.98 Å². The van der Waals surface area contributed by atoms with Gasteiger partial charge in [-0.05, 0) is 18.6 Å². The van der Waals surface area contributed by atoms with Gasteiger partial charge in [-0.2, -0.15) is 0 Å². The molecule has 1 aromatic heterocycles. The maximum atomic E-state index is 12.6. The zero-order chi connectivity index (χ0) is 18.1. The Balaban J connectivity index is 1.98. The van der Waals surface area contributed by atoms with E-state index in [0.717, 1.165) is 5.52 Å². The topological polar surface area (TPSA) is 99.6 Å². The second-order valence-corrected chi connectivity index (χ2v) is 7.73. The molecule has 0 bridgehead atoms. The van der Waals surface area contributed by atoms with Crippen LogP contribution in [-0.2, 0) is 25.6 Å². The van der Waals surface area contributed by atoms with Gasteiger partial charge < -0.3 is 15.0 Å². The number of carboxylic acids is 1. The van der Waals surface area contributed by atoms with Crippen molar-refractivity contribution < 1.29 is 23.9 Å². The molecule has 0 fully saturated rings. The van der Waals surface area contributed by atoms with Crippen LogP contribution in [0.5, 0.6) is 0 Å². The molecule has 2 unspecified atom stereocenters. The Bertz CT molecular complexity index is 952. The molecular weight excluding hydrogens is 341 g/mol. The third-order valence-corrected chi connectivity index (χ3v) is 5.48. The van der Waals surface area contributed by atoms with Crippen molar-refractivity contribution in [2.45, 2.75) is 18.7 Å². The van der Waals surface area contributed by atoms with Gasteiger partial charge in [-0.25, -0.2) is 4.79 Å². The standard InChI is InChI=1S/C18H18NO5P/c1-18(17(20)21,15-11-19-16-10-6-5-9-14(15)16)24-25(22,23)12-13-7-3-2-4-8-13/h2-11,19H,12H2,1H3,(H,20,21)(H,22,23). The van der Waals surface area contributed by atoms with Gasteiger partial charge in [0.1, 0.15) is 0 Å². The van der Waals surface area contributed by atoms with E-state index in [4.69, 9.17) is 4.52 Å². The summed E-state index contributed by atoms with van der Waals surface area (Å²) in [4.78, 5) is 25.2. The van der Waals surface area contributed by atoms with E-state index < -0.39 is 19.2 Å². The highest BCUT2D eigenvalue weighted by Gasteiger charge is 2.44. The number of nitrogens with one attached hydrogen (secondary N) is 1. The zero-order valence-corrected chi connectivity index (χ0v) is 14.4. The summed E-state index contributed by atoms with van der Waals surface area (Å²) in [5, 5.41) is 10.4. The number of aliphatic carboxylic acids is 1. The Labute approximate surface area is 144 Å². The lowest BCUT2D eigenvalue weighted by Gasteiger charge is -2.27. The highest BCUT2D eigenvalue weighted by molar-refractivity contribution is 7.52. The molecule has 25 heavy (non-hydrogen) atoms. The molecule has 0 amide bonds. The molecule has 0 aliphatic carbocycles. The first-order chi connectivity index (χ1) is 11.8. The SMILES string of the molecule is CC(OP(=O)(O)Cc1ccccc1)(C(=O)O)c1c[nH]c2ccccc12. The van der Waals surface area contributed by atoms with E-state index in [9.17, 15) is 19.4 Å². The van der Waals surface area contributed by atoms with Crippen molar-refractivity contribution in [3.63, 3.8) is 0 Å². The monoisotopic (exact) mass is 359 g/mol. The molecule has 7 heteroatoms. The fourth-order valence-electron chi connectivity index (χ4n) is 2.80. The summed E-state index contributed by atoms with van der Waals surface area (Å²) in [7, 11) is -4.20. The Morgan fingerprint density at radius 1 is 1.16 bits per heavy atom. The number of rotatable bonds is 6. The first-order valence-electron chi connectivity index (χ1n) is 7.68. The predicted octanol–water partition coefficient (Wildman–Crippen LogP) is 3.87.